The first-order valence-corrected chi connectivity index (χ1v) is 6.42. The van der Waals surface area contributed by atoms with Crippen LogP contribution < -0.4 is 0 Å². The van der Waals surface area contributed by atoms with Crippen molar-refractivity contribution in [1.82, 2.24) is 0 Å². The van der Waals surface area contributed by atoms with E-state index in [1.807, 2.05) is 27.7 Å². The summed E-state index contributed by atoms with van der Waals surface area (Å²) >= 11 is 0. The van der Waals surface area contributed by atoms with Crippen LogP contribution in [0.25, 0.3) is 0 Å². The van der Waals surface area contributed by atoms with Gasteiger partial charge in [-0.3, -0.25) is 0 Å². The molecular formula is C13H28O. The minimum Gasteiger partial charge on any atom is -0.378 e. The van der Waals surface area contributed by atoms with Gasteiger partial charge in [-0.1, -0.05) is 34.1 Å². The van der Waals surface area contributed by atoms with Crippen LogP contribution in [0.1, 0.15) is 66.7 Å². The summed E-state index contributed by atoms with van der Waals surface area (Å²) in [6.07, 6.45) is 7.55. The Morgan fingerprint density at radius 1 is 1.00 bits per heavy atom. The molecular weight excluding hydrogens is 172 g/mol. The Hall–Kier alpha value is -0.0400. The maximum absolute atomic E-state index is 5.64. The monoisotopic (exact) mass is 200 g/mol. The van der Waals surface area contributed by atoms with Crippen molar-refractivity contribution < 1.29 is 4.74 Å². The second-order valence-electron chi connectivity index (χ2n) is 4.01. The van der Waals surface area contributed by atoms with Gasteiger partial charge in [-0.25, -0.2) is 0 Å². The number of ether oxygens (including phenoxy) is 1. The second-order valence-corrected chi connectivity index (χ2v) is 4.01. The lowest BCUT2D eigenvalue weighted by molar-refractivity contribution is -0.0892. The minimum absolute atomic E-state index is 0.534. The van der Waals surface area contributed by atoms with Crippen LogP contribution in [0.5, 0.6) is 0 Å². The van der Waals surface area contributed by atoms with Crippen LogP contribution in [0.4, 0.5) is 0 Å². The third-order valence-electron chi connectivity index (χ3n) is 3.17. The predicted octanol–water partition coefficient (Wildman–Crippen LogP) is 4.41. The average molecular weight is 200 g/mol. The van der Waals surface area contributed by atoms with Crippen molar-refractivity contribution in [2.75, 3.05) is 6.61 Å². The molecule has 0 radical (unpaired) electrons. The van der Waals surface area contributed by atoms with Crippen molar-refractivity contribution >= 4 is 0 Å². The van der Waals surface area contributed by atoms with Gasteiger partial charge in [-0.2, -0.15) is 0 Å². The molecule has 1 saturated carbocycles. The van der Waals surface area contributed by atoms with E-state index < -0.39 is 0 Å². The molecule has 1 heterocycles. The summed E-state index contributed by atoms with van der Waals surface area (Å²) in [4.78, 5) is 0. The van der Waals surface area contributed by atoms with E-state index in [2.05, 4.69) is 6.92 Å². The third kappa shape index (κ3) is 3.61. The minimum atomic E-state index is 0.534. The lowest BCUT2D eigenvalue weighted by atomic mass is 9.65. The van der Waals surface area contributed by atoms with E-state index in [4.69, 9.17) is 4.74 Å². The van der Waals surface area contributed by atoms with Gasteiger partial charge in [0.05, 0.1) is 12.7 Å². The van der Waals surface area contributed by atoms with Gasteiger partial charge in [-0.15, -0.1) is 0 Å². The summed E-state index contributed by atoms with van der Waals surface area (Å²) in [5.74, 6) is 0. The van der Waals surface area contributed by atoms with Gasteiger partial charge in [0.15, 0.2) is 0 Å². The molecule has 1 atom stereocenters. The van der Waals surface area contributed by atoms with Crippen LogP contribution >= 0.6 is 0 Å². The van der Waals surface area contributed by atoms with E-state index in [1.165, 1.54) is 32.1 Å². The third-order valence-corrected chi connectivity index (χ3v) is 3.17. The van der Waals surface area contributed by atoms with Crippen LogP contribution in [-0.4, -0.2) is 12.7 Å². The highest BCUT2D eigenvalue weighted by molar-refractivity contribution is 4.90. The molecule has 1 spiro atoms. The van der Waals surface area contributed by atoms with E-state index in [0.717, 1.165) is 6.61 Å². The Labute approximate surface area is 90.2 Å². The molecule has 1 nitrogen and oxygen atoms in total. The van der Waals surface area contributed by atoms with Crippen molar-refractivity contribution in [2.45, 2.75) is 72.8 Å². The summed E-state index contributed by atoms with van der Waals surface area (Å²) in [5.41, 5.74) is 0.659. The first-order valence-electron chi connectivity index (χ1n) is 6.42. The van der Waals surface area contributed by atoms with E-state index in [9.17, 15) is 0 Å². The summed E-state index contributed by atoms with van der Waals surface area (Å²) in [5, 5.41) is 0. The lowest BCUT2D eigenvalue weighted by Crippen LogP contribution is -2.40. The fourth-order valence-corrected chi connectivity index (χ4v) is 2.06. The molecule has 2 rings (SSSR count). The Morgan fingerprint density at radius 3 is 1.86 bits per heavy atom. The molecule has 1 heteroatoms. The van der Waals surface area contributed by atoms with Gasteiger partial charge in [-0.05, 0) is 38.0 Å². The molecule has 1 unspecified atom stereocenters. The van der Waals surface area contributed by atoms with Crippen molar-refractivity contribution in [3.8, 4) is 0 Å². The maximum atomic E-state index is 5.64. The highest BCUT2D eigenvalue weighted by Crippen LogP contribution is 2.47. The SMILES string of the molecule is CC.CC.CC1CCC2(CCC2)CO1. The van der Waals surface area contributed by atoms with E-state index >= 15 is 0 Å². The number of rotatable bonds is 0. The number of hydrogen-bond acceptors (Lipinski definition) is 1. The molecule has 86 valence electrons. The van der Waals surface area contributed by atoms with Crippen molar-refractivity contribution in [3.63, 3.8) is 0 Å². The van der Waals surface area contributed by atoms with Crippen LogP contribution in [0.3, 0.4) is 0 Å². The maximum Gasteiger partial charge on any atom is 0.0547 e. The van der Waals surface area contributed by atoms with Gasteiger partial charge in [0.25, 0.3) is 0 Å². The zero-order chi connectivity index (χ0) is 11.0. The first-order chi connectivity index (χ1) is 6.81. The molecule has 0 N–H and O–H groups in total. The molecule has 2 fully saturated rings. The van der Waals surface area contributed by atoms with Crippen molar-refractivity contribution in [2.24, 2.45) is 5.41 Å². The molecule has 1 aliphatic heterocycles. The normalized spacial score (nSPS) is 27.6. The van der Waals surface area contributed by atoms with Crippen LogP contribution in [0.2, 0.25) is 0 Å². The van der Waals surface area contributed by atoms with Crippen molar-refractivity contribution in [1.29, 1.82) is 0 Å². The summed E-state index contributed by atoms with van der Waals surface area (Å²) in [6.45, 7) is 11.2. The summed E-state index contributed by atoms with van der Waals surface area (Å²) in [6, 6.07) is 0. The molecule has 0 aromatic heterocycles. The molecule has 1 aliphatic carbocycles. The Morgan fingerprint density at radius 2 is 1.57 bits per heavy atom. The topological polar surface area (TPSA) is 9.23 Å². The highest BCUT2D eigenvalue weighted by Gasteiger charge is 2.39. The van der Waals surface area contributed by atoms with E-state index in [0.29, 0.717) is 11.5 Å². The highest BCUT2D eigenvalue weighted by atomic mass is 16.5. The van der Waals surface area contributed by atoms with Gasteiger partial charge in [0.2, 0.25) is 0 Å². The molecule has 0 aromatic carbocycles. The Balaban J connectivity index is 0.000000379. The Kier molecular flexibility index (Phi) is 7.26. The van der Waals surface area contributed by atoms with Gasteiger partial charge >= 0.3 is 0 Å². The molecule has 2 aliphatic rings. The standard InChI is InChI=1S/C9H16O.2C2H6/c1-8-3-6-9(7-10-8)4-2-5-9;2*1-2/h8H,2-7H2,1H3;2*1-2H3. The second kappa shape index (κ2) is 7.28. The van der Waals surface area contributed by atoms with Crippen LogP contribution in [0, 0.1) is 5.41 Å². The number of hydrogen-bond donors (Lipinski definition) is 0. The quantitative estimate of drug-likeness (QED) is 0.563. The first kappa shape index (κ1) is 14.0. The fourth-order valence-electron chi connectivity index (χ4n) is 2.06. The molecule has 0 bridgehead atoms. The fraction of sp³-hybridized carbons (Fsp3) is 1.00. The van der Waals surface area contributed by atoms with Gasteiger partial charge in [0.1, 0.15) is 0 Å². The van der Waals surface area contributed by atoms with Crippen LogP contribution in [-0.2, 0) is 4.74 Å². The van der Waals surface area contributed by atoms with Crippen molar-refractivity contribution in [3.05, 3.63) is 0 Å². The smallest absolute Gasteiger partial charge is 0.0547 e. The molecule has 0 amide bonds. The largest absolute Gasteiger partial charge is 0.378 e. The summed E-state index contributed by atoms with van der Waals surface area (Å²) < 4.78 is 5.64. The lowest BCUT2D eigenvalue weighted by Gasteiger charge is -2.46. The Bertz CT molecular complexity index is 117. The zero-order valence-electron chi connectivity index (χ0n) is 10.7. The predicted molar refractivity (Wildman–Crippen MR) is 63.6 cm³/mol. The molecule has 14 heavy (non-hydrogen) atoms. The van der Waals surface area contributed by atoms with Crippen LogP contribution in [0.15, 0.2) is 0 Å². The molecule has 0 aromatic rings. The van der Waals surface area contributed by atoms with E-state index in [1.54, 1.807) is 0 Å². The van der Waals surface area contributed by atoms with E-state index in [-0.39, 0.29) is 0 Å². The zero-order valence-corrected chi connectivity index (χ0v) is 10.7. The summed E-state index contributed by atoms with van der Waals surface area (Å²) in [7, 11) is 0. The van der Waals surface area contributed by atoms with Gasteiger partial charge < -0.3 is 4.74 Å². The van der Waals surface area contributed by atoms with Gasteiger partial charge in [0, 0.05) is 0 Å². The average Bonchev–Trinajstić information content (AvgIpc) is 2.23. The molecule has 1 saturated heterocycles.